The van der Waals surface area contributed by atoms with Crippen molar-refractivity contribution in [1.29, 1.82) is 0 Å². The van der Waals surface area contributed by atoms with Crippen molar-refractivity contribution < 1.29 is 9.53 Å². The molecule has 0 N–H and O–H groups in total. The van der Waals surface area contributed by atoms with E-state index in [1.165, 1.54) is 4.88 Å². The third kappa shape index (κ3) is 3.82. The zero-order valence-electron chi connectivity index (χ0n) is 10.9. The van der Waals surface area contributed by atoms with Crippen LogP contribution in [0.25, 0.3) is 0 Å². The minimum absolute atomic E-state index is 0.239. The van der Waals surface area contributed by atoms with E-state index < -0.39 is 0 Å². The zero-order valence-corrected chi connectivity index (χ0v) is 11.7. The molecule has 18 heavy (non-hydrogen) atoms. The lowest BCUT2D eigenvalue weighted by Crippen LogP contribution is -2.47. The number of carbonyl (C=O) groups excluding carboxylic acids is 1. The Morgan fingerprint density at radius 3 is 3.17 bits per heavy atom. The summed E-state index contributed by atoms with van der Waals surface area (Å²) >= 11 is 1.80. The average molecular weight is 267 g/mol. The first-order chi connectivity index (χ1) is 8.77. The molecule has 2 rings (SSSR count). The number of ether oxygens (including phenoxy) is 1. The highest BCUT2D eigenvalue weighted by Crippen LogP contribution is 2.14. The molecular formula is C14H21NO2S. The van der Waals surface area contributed by atoms with Gasteiger partial charge in [-0.1, -0.05) is 6.07 Å². The molecule has 0 aliphatic carbocycles. The second kappa shape index (κ2) is 6.90. The van der Waals surface area contributed by atoms with Gasteiger partial charge in [0.05, 0.1) is 19.3 Å². The van der Waals surface area contributed by atoms with Gasteiger partial charge in [0.25, 0.3) is 0 Å². The molecule has 1 unspecified atom stereocenters. The Bertz CT molecular complexity index is 364. The molecule has 1 aromatic heterocycles. The fraction of sp³-hybridized carbons (Fsp3) is 0.643. The molecule has 1 aromatic rings. The summed E-state index contributed by atoms with van der Waals surface area (Å²) in [5.41, 5.74) is 0. The van der Waals surface area contributed by atoms with E-state index in [2.05, 4.69) is 24.4 Å². The van der Waals surface area contributed by atoms with Gasteiger partial charge in [-0.15, -0.1) is 11.3 Å². The molecular weight excluding hydrogens is 246 g/mol. The van der Waals surface area contributed by atoms with Gasteiger partial charge in [-0.05, 0) is 37.6 Å². The number of nitrogens with zero attached hydrogens (tertiary/aromatic N) is 1. The van der Waals surface area contributed by atoms with E-state index in [1.54, 1.807) is 11.3 Å². The summed E-state index contributed by atoms with van der Waals surface area (Å²) in [5.74, 6) is 0.289. The summed E-state index contributed by atoms with van der Waals surface area (Å²) in [4.78, 5) is 15.4. The van der Waals surface area contributed by atoms with E-state index >= 15 is 0 Å². The van der Waals surface area contributed by atoms with Crippen molar-refractivity contribution in [2.75, 3.05) is 19.8 Å². The van der Waals surface area contributed by atoms with Crippen LogP contribution in [-0.2, 0) is 16.0 Å². The minimum atomic E-state index is 0.239. The molecule has 0 spiro atoms. The average Bonchev–Trinajstić information content (AvgIpc) is 2.88. The van der Waals surface area contributed by atoms with Crippen LogP contribution in [-0.4, -0.2) is 36.6 Å². The van der Waals surface area contributed by atoms with Gasteiger partial charge in [0.1, 0.15) is 0 Å². The third-order valence-electron chi connectivity index (χ3n) is 3.33. The number of carbonyl (C=O) groups is 1. The first-order valence-corrected chi connectivity index (χ1v) is 7.55. The van der Waals surface area contributed by atoms with Gasteiger partial charge in [-0.25, -0.2) is 0 Å². The monoisotopic (exact) mass is 267 g/mol. The van der Waals surface area contributed by atoms with Crippen LogP contribution >= 0.6 is 11.3 Å². The van der Waals surface area contributed by atoms with Gasteiger partial charge in [-0.2, -0.15) is 0 Å². The summed E-state index contributed by atoms with van der Waals surface area (Å²) in [6.45, 7) is 4.18. The second-order valence-electron chi connectivity index (χ2n) is 4.80. The number of rotatable bonds is 5. The van der Waals surface area contributed by atoms with Crippen molar-refractivity contribution >= 4 is 17.2 Å². The third-order valence-corrected chi connectivity index (χ3v) is 4.27. The number of thiophene rings is 1. The fourth-order valence-electron chi connectivity index (χ4n) is 2.27. The van der Waals surface area contributed by atoms with E-state index in [0.717, 1.165) is 25.8 Å². The van der Waals surface area contributed by atoms with Crippen molar-refractivity contribution in [1.82, 2.24) is 4.90 Å². The van der Waals surface area contributed by atoms with Gasteiger partial charge >= 0.3 is 0 Å². The molecule has 2 heterocycles. The van der Waals surface area contributed by atoms with Gasteiger partial charge < -0.3 is 9.64 Å². The molecule has 1 aliphatic rings. The van der Waals surface area contributed by atoms with Crippen LogP contribution in [0.3, 0.4) is 0 Å². The highest BCUT2D eigenvalue weighted by molar-refractivity contribution is 7.09. The maximum Gasteiger partial charge on any atom is 0.222 e. The van der Waals surface area contributed by atoms with Crippen molar-refractivity contribution in [3.8, 4) is 0 Å². The maximum atomic E-state index is 12.0. The Kier molecular flexibility index (Phi) is 5.20. The van der Waals surface area contributed by atoms with Crippen molar-refractivity contribution in [2.24, 2.45) is 0 Å². The molecule has 0 saturated carbocycles. The van der Waals surface area contributed by atoms with Crippen LogP contribution in [0.4, 0.5) is 0 Å². The topological polar surface area (TPSA) is 29.5 Å². The number of amides is 1. The Hall–Kier alpha value is -0.870. The highest BCUT2D eigenvalue weighted by Gasteiger charge is 2.22. The molecule has 0 bridgehead atoms. The molecule has 0 radical (unpaired) electrons. The van der Waals surface area contributed by atoms with E-state index in [9.17, 15) is 4.79 Å². The van der Waals surface area contributed by atoms with Crippen molar-refractivity contribution in [3.05, 3.63) is 22.4 Å². The van der Waals surface area contributed by atoms with Crippen LogP contribution < -0.4 is 0 Å². The lowest BCUT2D eigenvalue weighted by atomic mass is 10.1. The Balaban J connectivity index is 1.65. The zero-order chi connectivity index (χ0) is 12.8. The Morgan fingerprint density at radius 1 is 1.56 bits per heavy atom. The smallest absolute Gasteiger partial charge is 0.222 e. The van der Waals surface area contributed by atoms with Crippen LogP contribution in [0.1, 0.15) is 31.1 Å². The number of aryl methyl sites for hydroxylation is 1. The second-order valence-corrected chi connectivity index (χ2v) is 5.83. The lowest BCUT2D eigenvalue weighted by molar-refractivity contribution is -0.139. The predicted molar refractivity (Wildman–Crippen MR) is 73.9 cm³/mol. The SMILES string of the molecule is CC1COCCN1C(=O)CCCCc1cccs1. The minimum Gasteiger partial charge on any atom is -0.377 e. The molecule has 1 fully saturated rings. The maximum absolute atomic E-state index is 12.0. The number of morpholine rings is 1. The van der Waals surface area contributed by atoms with Gasteiger partial charge in [0.15, 0.2) is 0 Å². The number of hydrogen-bond acceptors (Lipinski definition) is 3. The molecule has 100 valence electrons. The first-order valence-electron chi connectivity index (χ1n) is 6.67. The van der Waals surface area contributed by atoms with Gasteiger partial charge in [0.2, 0.25) is 5.91 Å². The molecule has 1 atom stereocenters. The van der Waals surface area contributed by atoms with Crippen LogP contribution in [0.5, 0.6) is 0 Å². The highest BCUT2D eigenvalue weighted by atomic mass is 32.1. The van der Waals surface area contributed by atoms with Crippen LogP contribution in [0.15, 0.2) is 17.5 Å². The summed E-state index contributed by atoms with van der Waals surface area (Å²) in [6, 6.07) is 4.49. The largest absolute Gasteiger partial charge is 0.377 e. The van der Waals surface area contributed by atoms with Crippen LogP contribution in [0.2, 0.25) is 0 Å². The van der Waals surface area contributed by atoms with E-state index in [4.69, 9.17) is 4.74 Å². The van der Waals surface area contributed by atoms with E-state index in [-0.39, 0.29) is 11.9 Å². The molecule has 1 amide bonds. The number of hydrogen-bond donors (Lipinski definition) is 0. The van der Waals surface area contributed by atoms with Crippen LogP contribution in [0, 0.1) is 0 Å². The summed E-state index contributed by atoms with van der Waals surface area (Å²) in [5, 5.41) is 2.11. The van der Waals surface area contributed by atoms with Gasteiger partial charge in [-0.3, -0.25) is 4.79 Å². The fourth-order valence-corrected chi connectivity index (χ4v) is 3.02. The summed E-state index contributed by atoms with van der Waals surface area (Å²) < 4.78 is 5.34. The van der Waals surface area contributed by atoms with Gasteiger partial charge in [0, 0.05) is 17.8 Å². The first kappa shape index (κ1) is 13.6. The predicted octanol–water partition coefficient (Wildman–Crippen LogP) is 2.71. The molecule has 4 heteroatoms. The Labute approximate surface area is 113 Å². The summed E-state index contributed by atoms with van der Waals surface area (Å²) in [7, 11) is 0. The van der Waals surface area contributed by atoms with Crippen molar-refractivity contribution in [3.63, 3.8) is 0 Å². The molecule has 1 aliphatic heterocycles. The standard InChI is InChI=1S/C14H21NO2S/c1-12-11-17-9-8-15(12)14(16)7-3-2-5-13-6-4-10-18-13/h4,6,10,12H,2-3,5,7-9,11H2,1H3. The normalized spacial score (nSPS) is 20.1. The van der Waals surface area contributed by atoms with Crippen molar-refractivity contribution in [2.45, 2.75) is 38.6 Å². The molecule has 1 saturated heterocycles. The lowest BCUT2D eigenvalue weighted by Gasteiger charge is -2.33. The number of unbranched alkanes of at least 4 members (excludes halogenated alkanes) is 1. The summed E-state index contributed by atoms with van der Waals surface area (Å²) in [6.07, 6.45) is 3.87. The quantitative estimate of drug-likeness (QED) is 0.768. The van der Waals surface area contributed by atoms with E-state index in [1.807, 2.05) is 4.90 Å². The Morgan fingerprint density at radius 2 is 2.44 bits per heavy atom. The molecule has 0 aromatic carbocycles. The van der Waals surface area contributed by atoms with E-state index in [0.29, 0.717) is 19.6 Å². The molecule has 3 nitrogen and oxygen atoms in total.